The molecule has 1 N–H and O–H groups in total. The Bertz CT molecular complexity index is 811. The van der Waals surface area contributed by atoms with Gasteiger partial charge in [0.05, 0.1) is 18.2 Å². The standard InChI is InChI=1S/C23H30N2O4/c1-3-20(27)25-19(12-26)22(23(25)14-24(15-23)21(28)13-29-2)18-10-8-17(9-11-18)16-6-4-5-7-16/h6,8-11,19,22,26H,3-5,7,12-15H2,1-2H3/t19-,22+/m0/s1. The monoisotopic (exact) mass is 398 g/mol. The molecule has 0 saturated carbocycles. The van der Waals surface area contributed by atoms with Crippen molar-refractivity contribution in [3.8, 4) is 0 Å². The summed E-state index contributed by atoms with van der Waals surface area (Å²) in [5, 5.41) is 10.1. The van der Waals surface area contributed by atoms with Gasteiger partial charge in [-0.25, -0.2) is 0 Å². The summed E-state index contributed by atoms with van der Waals surface area (Å²) in [7, 11) is 1.51. The Labute approximate surface area is 172 Å². The second kappa shape index (κ2) is 7.92. The van der Waals surface area contributed by atoms with Gasteiger partial charge in [0.2, 0.25) is 11.8 Å². The minimum atomic E-state index is -0.419. The molecule has 4 rings (SSSR count). The third-order valence-corrected chi connectivity index (χ3v) is 6.76. The number of likely N-dealkylation sites (tertiary alicyclic amines) is 2. The minimum absolute atomic E-state index is 0.0289. The topological polar surface area (TPSA) is 70.1 Å². The molecule has 1 aliphatic carbocycles. The minimum Gasteiger partial charge on any atom is -0.394 e. The van der Waals surface area contributed by atoms with E-state index < -0.39 is 5.54 Å². The van der Waals surface area contributed by atoms with Gasteiger partial charge in [0, 0.05) is 32.5 Å². The molecule has 0 aromatic heterocycles. The molecule has 1 aromatic carbocycles. The lowest BCUT2D eigenvalue weighted by molar-refractivity contribution is -0.203. The molecule has 156 valence electrons. The van der Waals surface area contributed by atoms with Crippen LogP contribution in [-0.4, -0.2) is 71.7 Å². The van der Waals surface area contributed by atoms with Gasteiger partial charge in [-0.2, -0.15) is 0 Å². The number of methoxy groups -OCH3 is 1. The van der Waals surface area contributed by atoms with Gasteiger partial charge in [0.1, 0.15) is 6.61 Å². The van der Waals surface area contributed by atoms with E-state index in [1.807, 2.05) is 11.8 Å². The zero-order valence-electron chi connectivity index (χ0n) is 17.3. The van der Waals surface area contributed by atoms with E-state index in [1.54, 1.807) is 4.90 Å². The van der Waals surface area contributed by atoms with Crippen LogP contribution in [0.1, 0.15) is 49.7 Å². The lowest BCUT2D eigenvalue weighted by Gasteiger charge is -2.70. The van der Waals surface area contributed by atoms with Crippen molar-refractivity contribution < 1.29 is 19.4 Å². The Morgan fingerprint density at radius 3 is 2.48 bits per heavy atom. The summed E-state index contributed by atoms with van der Waals surface area (Å²) in [4.78, 5) is 28.5. The third-order valence-electron chi connectivity index (χ3n) is 6.76. The Balaban J connectivity index is 1.60. The Kier molecular flexibility index (Phi) is 5.49. The fourth-order valence-electron chi connectivity index (χ4n) is 5.42. The van der Waals surface area contributed by atoms with Gasteiger partial charge < -0.3 is 19.6 Å². The first-order valence-corrected chi connectivity index (χ1v) is 10.5. The van der Waals surface area contributed by atoms with Crippen molar-refractivity contribution in [2.45, 2.75) is 50.1 Å². The third kappa shape index (κ3) is 3.19. The number of rotatable bonds is 6. The molecule has 2 amide bonds. The molecular weight excluding hydrogens is 368 g/mol. The number of amides is 2. The van der Waals surface area contributed by atoms with Crippen molar-refractivity contribution in [3.63, 3.8) is 0 Å². The first-order valence-electron chi connectivity index (χ1n) is 10.5. The highest BCUT2D eigenvalue weighted by Crippen LogP contribution is 2.54. The van der Waals surface area contributed by atoms with Crippen molar-refractivity contribution >= 4 is 17.4 Å². The van der Waals surface area contributed by atoms with Crippen LogP contribution in [0.15, 0.2) is 30.3 Å². The molecule has 2 fully saturated rings. The predicted octanol–water partition coefficient (Wildman–Crippen LogP) is 2.18. The molecule has 3 aliphatic rings. The highest BCUT2D eigenvalue weighted by Gasteiger charge is 2.67. The van der Waals surface area contributed by atoms with Gasteiger partial charge in [-0.3, -0.25) is 9.59 Å². The number of benzene rings is 1. The second-order valence-corrected chi connectivity index (χ2v) is 8.37. The fraction of sp³-hybridized carbons (Fsp3) is 0.565. The van der Waals surface area contributed by atoms with Gasteiger partial charge >= 0.3 is 0 Å². The van der Waals surface area contributed by atoms with Crippen LogP contribution in [0, 0.1) is 0 Å². The molecule has 2 heterocycles. The van der Waals surface area contributed by atoms with Crippen molar-refractivity contribution in [1.29, 1.82) is 0 Å². The molecule has 2 aliphatic heterocycles. The van der Waals surface area contributed by atoms with E-state index in [1.165, 1.54) is 24.7 Å². The number of aliphatic hydroxyl groups is 1. The summed E-state index contributed by atoms with van der Waals surface area (Å²) in [6.07, 6.45) is 6.19. The van der Waals surface area contributed by atoms with E-state index in [2.05, 4.69) is 30.3 Å². The number of nitrogens with zero attached hydrogens (tertiary/aromatic N) is 2. The summed E-state index contributed by atoms with van der Waals surface area (Å²) >= 11 is 0. The SMILES string of the molecule is CCC(=O)N1[C@@H](CO)[C@@H](c2ccc(C3=CCCC3)cc2)C12CN(C(=O)COC)C2. The fourth-order valence-corrected chi connectivity index (χ4v) is 5.42. The summed E-state index contributed by atoms with van der Waals surface area (Å²) in [6, 6.07) is 8.35. The average molecular weight is 399 g/mol. The molecule has 2 saturated heterocycles. The Morgan fingerprint density at radius 1 is 1.21 bits per heavy atom. The van der Waals surface area contributed by atoms with Crippen LogP contribution in [0.2, 0.25) is 0 Å². The van der Waals surface area contributed by atoms with Crippen LogP contribution >= 0.6 is 0 Å². The van der Waals surface area contributed by atoms with E-state index in [0.717, 1.165) is 18.4 Å². The smallest absolute Gasteiger partial charge is 0.248 e. The molecule has 1 spiro atoms. The highest BCUT2D eigenvalue weighted by molar-refractivity contribution is 5.83. The molecule has 0 unspecified atom stereocenters. The maximum Gasteiger partial charge on any atom is 0.248 e. The maximum atomic E-state index is 12.7. The maximum absolute atomic E-state index is 12.7. The van der Waals surface area contributed by atoms with E-state index in [0.29, 0.717) is 19.5 Å². The van der Waals surface area contributed by atoms with E-state index >= 15 is 0 Å². The predicted molar refractivity (Wildman–Crippen MR) is 110 cm³/mol. The van der Waals surface area contributed by atoms with Crippen molar-refractivity contribution in [1.82, 2.24) is 9.80 Å². The van der Waals surface area contributed by atoms with Gasteiger partial charge in [-0.05, 0) is 36.0 Å². The molecule has 2 atom stereocenters. The summed E-state index contributed by atoms with van der Waals surface area (Å²) in [5.41, 5.74) is 3.37. The quantitative estimate of drug-likeness (QED) is 0.797. The van der Waals surface area contributed by atoms with Gasteiger partial charge in [-0.1, -0.05) is 37.3 Å². The van der Waals surface area contributed by atoms with Crippen LogP contribution in [0.25, 0.3) is 5.57 Å². The largest absolute Gasteiger partial charge is 0.394 e. The first kappa shape index (κ1) is 20.1. The number of carbonyl (C=O) groups is 2. The van der Waals surface area contributed by atoms with Crippen molar-refractivity contribution in [3.05, 3.63) is 41.5 Å². The lowest BCUT2D eigenvalue weighted by Crippen LogP contribution is -2.86. The zero-order chi connectivity index (χ0) is 20.6. The summed E-state index contributed by atoms with van der Waals surface area (Å²) in [6.45, 7) is 2.81. The highest BCUT2D eigenvalue weighted by atomic mass is 16.5. The molecule has 1 aromatic rings. The van der Waals surface area contributed by atoms with Crippen LogP contribution in [-0.2, 0) is 14.3 Å². The molecule has 6 nitrogen and oxygen atoms in total. The first-order chi connectivity index (χ1) is 14.1. The normalized spacial score (nSPS) is 24.9. The number of hydrogen-bond donors (Lipinski definition) is 1. The Morgan fingerprint density at radius 2 is 1.93 bits per heavy atom. The molecular formula is C23H30N2O4. The van der Waals surface area contributed by atoms with Crippen molar-refractivity contribution in [2.24, 2.45) is 0 Å². The Hall–Kier alpha value is -2.18. The number of carbonyl (C=O) groups excluding carboxylic acids is 2. The van der Waals surface area contributed by atoms with Gasteiger partial charge in [-0.15, -0.1) is 0 Å². The van der Waals surface area contributed by atoms with E-state index in [4.69, 9.17) is 4.74 Å². The lowest BCUT2D eigenvalue weighted by atomic mass is 9.60. The number of aliphatic hydroxyl groups excluding tert-OH is 1. The second-order valence-electron chi connectivity index (χ2n) is 8.37. The van der Waals surface area contributed by atoms with Crippen LogP contribution < -0.4 is 0 Å². The van der Waals surface area contributed by atoms with Crippen LogP contribution in [0.5, 0.6) is 0 Å². The molecule has 6 heteroatoms. The molecule has 0 radical (unpaired) electrons. The van der Waals surface area contributed by atoms with E-state index in [-0.39, 0.29) is 37.0 Å². The van der Waals surface area contributed by atoms with E-state index in [9.17, 15) is 14.7 Å². The zero-order valence-corrected chi connectivity index (χ0v) is 17.3. The van der Waals surface area contributed by atoms with Crippen LogP contribution in [0.3, 0.4) is 0 Å². The average Bonchev–Trinajstić information content (AvgIpc) is 3.21. The van der Waals surface area contributed by atoms with Crippen molar-refractivity contribution in [2.75, 3.05) is 33.4 Å². The van der Waals surface area contributed by atoms with Crippen LogP contribution in [0.4, 0.5) is 0 Å². The number of allylic oxidation sites excluding steroid dienone is 2. The number of ether oxygens (including phenoxy) is 1. The van der Waals surface area contributed by atoms with Gasteiger partial charge in [0.15, 0.2) is 0 Å². The van der Waals surface area contributed by atoms with Gasteiger partial charge in [0.25, 0.3) is 0 Å². The molecule has 29 heavy (non-hydrogen) atoms. The summed E-state index contributed by atoms with van der Waals surface area (Å²) in [5.74, 6) is 0.00446. The molecule has 0 bridgehead atoms. The summed E-state index contributed by atoms with van der Waals surface area (Å²) < 4.78 is 4.97. The number of hydrogen-bond acceptors (Lipinski definition) is 4.